The van der Waals surface area contributed by atoms with Gasteiger partial charge in [0, 0.05) is 38.9 Å². The summed E-state index contributed by atoms with van der Waals surface area (Å²) in [6.45, 7) is 2.37. The van der Waals surface area contributed by atoms with Crippen molar-refractivity contribution in [3.63, 3.8) is 0 Å². The standard InChI is InChI=1S/C17H19FN6O/c1-25-17-11-23(10-15(17)16-8-19-22-21-16)9-14-6-7-20-24(14)13-4-2-12(18)3-5-13/h2-8,15,17H,9-11H2,1H3,(H,19,21,22)/t15-,17+/m0/s1. The van der Waals surface area contributed by atoms with E-state index in [1.54, 1.807) is 31.6 Å². The Bertz CT molecular complexity index is 816. The Morgan fingerprint density at radius 3 is 2.80 bits per heavy atom. The van der Waals surface area contributed by atoms with Gasteiger partial charge in [-0.05, 0) is 30.3 Å². The van der Waals surface area contributed by atoms with Crippen molar-refractivity contribution >= 4 is 0 Å². The quantitative estimate of drug-likeness (QED) is 0.765. The molecule has 1 saturated heterocycles. The molecule has 1 fully saturated rings. The average Bonchev–Trinajstić information content (AvgIpc) is 3.36. The number of likely N-dealkylation sites (tertiary alicyclic amines) is 1. The predicted octanol–water partition coefficient (Wildman–Crippen LogP) is 1.74. The number of methoxy groups -OCH3 is 1. The molecule has 2 atom stereocenters. The van der Waals surface area contributed by atoms with Crippen LogP contribution in [0.15, 0.2) is 42.7 Å². The Labute approximate surface area is 144 Å². The van der Waals surface area contributed by atoms with Crippen LogP contribution in [0.2, 0.25) is 0 Å². The summed E-state index contributed by atoms with van der Waals surface area (Å²) >= 11 is 0. The molecule has 2 aromatic heterocycles. The zero-order chi connectivity index (χ0) is 17.2. The summed E-state index contributed by atoms with van der Waals surface area (Å²) in [4.78, 5) is 2.31. The van der Waals surface area contributed by atoms with E-state index in [-0.39, 0.29) is 17.8 Å². The third kappa shape index (κ3) is 3.18. The highest BCUT2D eigenvalue weighted by molar-refractivity contribution is 5.32. The monoisotopic (exact) mass is 342 g/mol. The minimum absolute atomic E-state index is 0.0762. The molecular formula is C17H19FN6O. The molecule has 3 heterocycles. The number of halogens is 1. The van der Waals surface area contributed by atoms with Crippen LogP contribution in [0, 0.1) is 5.82 Å². The van der Waals surface area contributed by atoms with Gasteiger partial charge in [0.25, 0.3) is 0 Å². The molecule has 0 amide bonds. The van der Waals surface area contributed by atoms with E-state index >= 15 is 0 Å². The summed E-state index contributed by atoms with van der Waals surface area (Å²) in [5.74, 6) is -0.0682. The molecule has 1 aromatic carbocycles. The summed E-state index contributed by atoms with van der Waals surface area (Å²) < 4.78 is 20.6. The second-order valence-electron chi connectivity index (χ2n) is 6.18. The minimum atomic E-state index is -0.254. The molecule has 0 aliphatic carbocycles. The molecule has 0 saturated carbocycles. The first kappa shape index (κ1) is 15.9. The highest BCUT2D eigenvalue weighted by Gasteiger charge is 2.35. The topological polar surface area (TPSA) is 71.9 Å². The second-order valence-corrected chi connectivity index (χ2v) is 6.18. The van der Waals surface area contributed by atoms with E-state index in [0.29, 0.717) is 0 Å². The first-order valence-electron chi connectivity index (χ1n) is 8.14. The normalized spacial score (nSPS) is 21.0. The summed E-state index contributed by atoms with van der Waals surface area (Å²) in [6, 6.07) is 8.32. The maximum atomic E-state index is 13.2. The van der Waals surface area contributed by atoms with E-state index in [4.69, 9.17) is 4.74 Å². The van der Waals surface area contributed by atoms with Gasteiger partial charge in [0.15, 0.2) is 0 Å². The van der Waals surface area contributed by atoms with Crippen LogP contribution >= 0.6 is 0 Å². The van der Waals surface area contributed by atoms with Crippen LogP contribution in [-0.4, -0.2) is 56.4 Å². The first-order chi connectivity index (χ1) is 12.2. The number of nitrogens with one attached hydrogen (secondary N) is 1. The van der Waals surface area contributed by atoms with Gasteiger partial charge >= 0.3 is 0 Å². The number of ether oxygens (including phenoxy) is 1. The van der Waals surface area contributed by atoms with Crippen LogP contribution in [0.25, 0.3) is 5.69 Å². The van der Waals surface area contributed by atoms with Crippen LogP contribution in [0.3, 0.4) is 0 Å². The number of benzene rings is 1. The number of rotatable bonds is 5. The fourth-order valence-electron chi connectivity index (χ4n) is 3.39. The van der Waals surface area contributed by atoms with Crippen LogP contribution in [0.5, 0.6) is 0 Å². The van der Waals surface area contributed by atoms with Gasteiger partial charge in [0.05, 0.1) is 29.4 Å². The fourth-order valence-corrected chi connectivity index (χ4v) is 3.39. The summed E-state index contributed by atoms with van der Waals surface area (Å²) in [7, 11) is 1.73. The molecule has 25 heavy (non-hydrogen) atoms. The van der Waals surface area contributed by atoms with Crippen molar-refractivity contribution in [1.82, 2.24) is 30.1 Å². The maximum Gasteiger partial charge on any atom is 0.123 e. The van der Waals surface area contributed by atoms with Gasteiger partial charge in [0.2, 0.25) is 0 Å². The van der Waals surface area contributed by atoms with Crippen LogP contribution in [0.1, 0.15) is 17.3 Å². The molecule has 4 rings (SSSR count). The fraction of sp³-hybridized carbons (Fsp3) is 0.353. The van der Waals surface area contributed by atoms with Crippen molar-refractivity contribution in [3.8, 4) is 5.69 Å². The van der Waals surface area contributed by atoms with Gasteiger partial charge in [-0.1, -0.05) is 0 Å². The summed E-state index contributed by atoms with van der Waals surface area (Å²) in [5.41, 5.74) is 2.81. The Kier molecular flexibility index (Phi) is 4.29. The van der Waals surface area contributed by atoms with Crippen molar-refractivity contribution in [2.45, 2.75) is 18.6 Å². The Hall–Kier alpha value is -2.58. The Morgan fingerprint density at radius 1 is 1.24 bits per heavy atom. The number of aromatic nitrogens is 5. The first-order valence-corrected chi connectivity index (χ1v) is 8.14. The molecular weight excluding hydrogens is 323 g/mol. The average molecular weight is 342 g/mol. The number of hydrogen-bond acceptors (Lipinski definition) is 5. The minimum Gasteiger partial charge on any atom is -0.379 e. The molecule has 0 spiro atoms. The zero-order valence-electron chi connectivity index (χ0n) is 13.8. The van der Waals surface area contributed by atoms with Crippen molar-refractivity contribution in [2.24, 2.45) is 0 Å². The molecule has 130 valence electrons. The molecule has 7 nitrogen and oxygen atoms in total. The predicted molar refractivity (Wildman–Crippen MR) is 88.7 cm³/mol. The van der Waals surface area contributed by atoms with Crippen LogP contribution in [-0.2, 0) is 11.3 Å². The Balaban J connectivity index is 1.52. The molecule has 0 bridgehead atoms. The number of aromatic amines is 1. The van der Waals surface area contributed by atoms with Crippen molar-refractivity contribution < 1.29 is 9.13 Å². The highest BCUT2D eigenvalue weighted by atomic mass is 19.1. The lowest BCUT2D eigenvalue weighted by Gasteiger charge is -2.16. The molecule has 8 heteroatoms. The van der Waals surface area contributed by atoms with Crippen molar-refractivity contribution in [2.75, 3.05) is 20.2 Å². The SMILES string of the molecule is CO[C@@H]1CN(Cc2ccnn2-c2ccc(F)cc2)C[C@H]1c1cn[nH]n1. The smallest absolute Gasteiger partial charge is 0.123 e. The van der Waals surface area contributed by atoms with Gasteiger partial charge in [0.1, 0.15) is 5.82 Å². The van der Waals surface area contributed by atoms with E-state index in [1.807, 2.05) is 10.7 Å². The van der Waals surface area contributed by atoms with E-state index in [0.717, 1.165) is 36.7 Å². The van der Waals surface area contributed by atoms with Gasteiger partial charge in [-0.25, -0.2) is 9.07 Å². The van der Waals surface area contributed by atoms with Crippen molar-refractivity contribution in [1.29, 1.82) is 0 Å². The summed E-state index contributed by atoms with van der Waals surface area (Å²) in [5, 5.41) is 15.2. The van der Waals surface area contributed by atoms with Crippen LogP contribution < -0.4 is 0 Å². The van der Waals surface area contributed by atoms with Crippen LogP contribution in [0.4, 0.5) is 4.39 Å². The highest BCUT2D eigenvalue weighted by Crippen LogP contribution is 2.29. The van der Waals surface area contributed by atoms with Gasteiger partial charge < -0.3 is 4.74 Å². The molecule has 0 unspecified atom stereocenters. The third-order valence-electron chi connectivity index (χ3n) is 4.64. The molecule has 3 aromatic rings. The van der Waals surface area contributed by atoms with E-state index in [2.05, 4.69) is 25.4 Å². The van der Waals surface area contributed by atoms with E-state index in [9.17, 15) is 4.39 Å². The van der Waals surface area contributed by atoms with Gasteiger partial charge in [-0.2, -0.15) is 20.5 Å². The Morgan fingerprint density at radius 2 is 2.08 bits per heavy atom. The molecule has 1 aliphatic rings. The van der Waals surface area contributed by atoms with Gasteiger partial charge in [-0.3, -0.25) is 4.90 Å². The van der Waals surface area contributed by atoms with E-state index < -0.39 is 0 Å². The largest absolute Gasteiger partial charge is 0.379 e. The van der Waals surface area contributed by atoms with E-state index in [1.165, 1.54) is 12.1 Å². The maximum absolute atomic E-state index is 13.2. The second kappa shape index (κ2) is 6.73. The number of hydrogen-bond donors (Lipinski definition) is 1. The summed E-state index contributed by atoms with van der Waals surface area (Å²) in [6.07, 6.45) is 3.59. The lowest BCUT2D eigenvalue weighted by atomic mass is 10.0. The molecule has 0 radical (unpaired) electrons. The molecule has 1 aliphatic heterocycles. The lowest BCUT2D eigenvalue weighted by Crippen LogP contribution is -2.23. The third-order valence-corrected chi connectivity index (χ3v) is 4.64. The zero-order valence-corrected chi connectivity index (χ0v) is 13.8. The number of nitrogens with zero attached hydrogens (tertiary/aromatic N) is 5. The van der Waals surface area contributed by atoms with Gasteiger partial charge in [-0.15, -0.1) is 0 Å². The molecule has 1 N–H and O–H groups in total. The lowest BCUT2D eigenvalue weighted by molar-refractivity contribution is 0.0955. The van der Waals surface area contributed by atoms with Crippen molar-refractivity contribution in [3.05, 3.63) is 59.9 Å². The number of H-pyrrole nitrogens is 1.